The van der Waals surface area contributed by atoms with Crippen molar-refractivity contribution in [3.05, 3.63) is 77.2 Å². The Hall–Kier alpha value is -2.99. The number of carbonyl (C=O) groups excluding carboxylic acids is 1. The average Bonchev–Trinajstić information content (AvgIpc) is 2.95. The zero-order chi connectivity index (χ0) is 18.7. The third kappa shape index (κ3) is 4.15. The van der Waals surface area contributed by atoms with Gasteiger partial charge in [0.1, 0.15) is 5.82 Å². The Bertz CT molecular complexity index is 935. The van der Waals surface area contributed by atoms with E-state index in [9.17, 15) is 9.18 Å². The number of carbonyl (C=O) groups is 1. The van der Waals surface area contributed by atoms with Gasteiger partial charge in [-0.3, -0.25) is 14.4 Å². The fourth-order valence-corrected chi connectivity index (χ4v) is 3.01. The number of rotatable bonds is 6. The Morgan fingerprint density at radius 1 is 1.19 bits per heavy atom. The van der Waals surface area contributed by atoms with Crippen LogP contribution in [0.3, 0.4) is 0 Å². The molecule has 0 fully saturated rings. The van der Waals surface area contributed by atoms with Gasteiger partial charge in [-0.15, -0.1) is 0 Å². The van der Waals surface area contributed by atoms with Crippen molar-refractivity contribution in [1.29, 1.82) is 0 Å². The second-order valence-corrected chi connectivity index (χ2v) is 6.42. The van der Waals surface area contributed by atoms with Crippen LogP contribution in [0.5, 0.6) is 0 Å². The molecule has 6 heteroatoms. The van der Waals surface area contributed by atoms with Crippen LogP contribution in [0.15, 0.2) is 54.7 Å². The Kier molecular flexibility index (Phi) is 5.14. The average molecular weight is 352 g/mol. The first kappa shape index (κ1) is 17.8. The van der Waals surface area contributed by atoms with Crippen LogP contribution >= 0.6 is 0 Å². The summed E-state index contributed by atoms with van der Waals surface area (Å²) in [6.45, 7) is 1.29. The molecular formula is C20H21FN4O. The lowest BCUT2D eigenvalue weighted by Gasteiger charge is -2.17. The monoisotopic (exact) mass is 352 g/mol. The van der Waals surface area contributed by atoms with Crippen molar-refractivity contribution in [3.63, 3.8) is 0 Å². The lowest BCUT2D eigenvalue weighted by molar-refractivity contribution is 0.1000. The molecule has 1 amide bonds. The van der Waals surface area contributed by atoms with Crippen molar-refractivity contribution in [2.24, 2.45) is 12.8 Å². The van der Waals surface area contributed by atoms with E-state index in [1.54, 1.807) is 22.9 Å². The molecule has 0 bridgehead atoms. The van der Waals surface area contributed by atoms with Crippen LogP contribution in [0.4, 0.5) is 4.39 Å². The maximum Gasteiger partial charge on any atom is 0.248 e. The topological polar surface area (TPSA) is 64.2 Å². The Morgan fingerprint density at radius 2 is 1.96 bits per heavy atom. The SMILES string of the molecule is CN(Cc1cccc(C(N)=O)c1)Cc1cn(C)nc1-c1cccc(F)c1. The summed E-state index contributed by atoms with van der Waals surface area (Å²) in [6.07, 6.45) is 1.94. The maximum atomic E-state index is 13.6. The van der Waals surface area contributed by atoms with Crippen LogP contribution in [0.25, 0.3) is 11.3 Å². The van der Waals surface area contributed by atoms with Gasteiger partial charge in [0.15, 0.2) is 0 Å². The van der Waals surface area contributed by atoms with Gasteiger partial charge < -0.3 is 5.73 Å². The fourth-order valence-electron chi connectivity index (χ4n) is 3.01. The molecule has 2 aromatic carbocycles. The first-order valence-electron chi connectivity index (χ1n) is 8.28. The second-order valence-electron chi connectivity index (χ2n) is 6.42. The van der Waals surface area contributed by atoms with Gasteiger partial charge in [-0.2, -0.15) is 5.10 Å². The van der Waals surface area contributed by atoms with Gasteiger partial charge in [-0.05, 0) is 36.9 Å². The molecule has 0 aliphatic carbocycles. The number of amides is 1. The molecule has 134 valence electrons. The van der Waals surface area contributed by atoms with Crippen molar-refractivity contribution in [3.8, 4) is 11.3 Å². The van der Waals surface area contributed by atoms with E-state index in [1.165, 1.54) is 12.1 Å². The minimum absolute atomic E-state index is 0.282. The molecular weight excluding hydrogens is 331 g/mol. The number of hydrogen-bond donors (Lipinski definition) is 1. The molecule has 0 aliphatic rings. The van der Waals surface area contributed by atoms with Gasteiger partial charge in [0.25, 0.3) is 0 Å². The van der Waals surface area contributed by atoms with E-state index >= 15 is 0 Å². The maximum absolute atomic E-state index is 13.6. The number of aryl methyl sites for hydroxylation is 1. The lowest BCUT2D eigenvalue weighted by Crippen LogP contribution is -2.18. The van der Waals surface area contributed by atoms with E-state index in [0.717, 1.165) is 22.4 Å². The molecule has 1 aromatic heterocycles. The standard InChI is InChI=1S/C20H21FN4O/c1-24(11-14-5-3-7-16(9-14)20(22)26)12-17-13-25(2)23-19(17)15-6-4-8-18(21)10-15/h3-10,13H,11-12H2,1-2H3,(H2,22,26). The van der Waals surface area contributed by atoms with Crippen LogP contribution < -0.4 is 5.73 Å². The number of primary amides is 1. The summed E-state index contributed by atoms with van der Waals surface area (Å²) >= 11 is 0. The van der Waals surface area contributed by atoms with Crippen molar-refractivity contribution in [2.45, 2.75) is 13.1 Å². The fraction of sp³-hybridized carbons (Fsp3) is 0.200. The zero-order valence-electron chi connectivity index (χ0n) is 14.8. The Balaban J connectivity index is 1.79. The number of benzene rings is 2. The molecule has 0 saturated carbocycles. The molecule has 3 rings (SSSR count). The molecule has 0 aliphatic heterocycles. The summed E-state index contributed by atoms with van der Waals surface area (Å²) in [7, 11) is 3.84. The molecule has 1 heterocycles. The molecule has 26 heavy (non-hydrogen) atoms. The predicted molar refractivity (Wildman–Crippen MR) is 98.7 cm³/mol. The highest BCUT2D eigenvalue weighted by Gasteiger charge is 2.13. The van der Waals surface area contributed by atoms with Crippen LogP contribution in [0.1, 0.15) is 21.5 Å². The van der Waals surface area contributed by atoms with E-state index in [0.29, 0.717) is 18.7 Å². The van der Waals surface area contributed by atoms with Crippen LogP contribution in [0, 0.1) is 5.82 Å². The van der Waals surface area contributed by atoms with E-state index in [4.69, 9.17) is 5.73 Å². The smallest absolute Gasteiger partial charge is 0.248 e. The van der Waals surface area contributed by atoms with Gasteiger partial charge in [0.2, 0.25) is 5.91 Å². The largest absolute Gasteiger partial charge is 0.366 e. The van der Waals surface area contributed by atoms with E-state index in [2.05, 4.69) is 10.00 Å². The van der Waals surface area contributed by atoms with E-state index in [-0.39, 0.29) is 5.82 Å². The minimum Gasteiger partial charge on any atom is -0.366 e. The summed E-state index contributed by atoms with van der Waals surface area (Å²) in [5.41, 5.74) is 9.37. The third-order valence-electron chi connectivity index (χ3n) is 4.11. The lowest BCUT2D eigenvalue weighted by atomic mass is 10.1. The van der Waals surface area contributed by atoms with Crippen molar-refractivity contribution < 1.29 is 9.18 Å². The number of aromatic nitrogens is 2. The number of nitrogens with zero attached hydrogens (tertiary/aromatic N) is 3. The van der Waals surface area contributed by atoms with Crippen molar-refractivity contribution in [2.75, 3.05) is 7.05 Å². The van der Waals surface area contributed by atoms with E-state index < -0.39 is 5.91 Å². The molecule has 5 nitrogen and oxygen atoms in total. The number of hydrogen-bond acceptors (Lipinski definition) is 3. The number of halogens is 1. The number of nitrogens with two attached hydrogens (primary N) is 1. The summed E-state index contributed by atoms with van der Waals surface area (Å²) in [6, 6.07) is 13.7. The summed E-state index contributed by atoms with van der Waals surface area (Å²) in [5, 5.41) is 4.48. The van der Waals surface area contributed by atoms with Crippen LogP contribution in [-0.4, -0.2) is 27.6 Å². The Labute approximate surface area is 151 Å². The van der Waals surface area contributed by atoms with Gasteiger partial charge >= 0.3 is 0 Å². The third-order valence-corrected chi connectivity index (χ3v) is 4.11. The minimum atomic E-state index is -0.435. The van der Waals surface area contributed by atoms with Gasteiger partial charge in [0, 0.05) is 43.0 Å². The normalized spacial score (nSPS) is 11.1. The molecule has 3 aromatic rings. The molecule has 0 radical (unpaired) electrons. The molecule has 0 atom stereocenters. The molecule has 0 saturated heterocycles. The highest BCUT2D eigenvalue weighted by Crippen LogP contribution is 2.24. The predicted octanol–water partition coefficient (Wildman–Crippen LogP) is 2.96. The van der Waals surface area contributed by atoms with Gasteiger partial charge in [0.05, 0.1) is 5.69 Å². The van der Waals surface area contributed by atoms with E-state index in [1.807, 2.05) is 38.5 Å². The molecule has 0 unspecified atom stereocenters. The zero-order valence-corrected chi connectivity index (χ0v) is 14.8. The Morgan fingerprint density at radius 3 is 2.69 bits per heavy atom. The first-order valence-corrected chi connectivity index (χ1v) is 8.28. The summed E-state index contributed by atoms with van der Waals surface area (Å²) in [5.74, 6) is -0.717. The van der Waals surface area contributed by atoms with Gasteiger partial charge in [-0.1, -0.05) is 24.3 Å². The highest BCUT2D eigenvalue weighted by molar-refractivity contribution is 5.92. The second kappa shape index (κ2) is 7.49. The highest BCUT2D eigenvalue weighted by atomic mass is 19.1. The quantitative estimate of drug-likeness (QED) is 0.742. The molecule has 0 spiro atoms. The van der Waals surface area contributed by atoms with Gasteiger partial charge in [-0.25, -0.2) is 4.39 Å². The van der Waals surface area contributed by atoms with Crippen molar-refractivity contribution >= 4 is 5.91 Å². The summed E-state index contributed by atoms with van der Waals surface area (Å²) in [4.78, 5) is 13.4. The molecule has 2 N–H and O–H groups in total. The first-order chi connectivity index (χ1) is 12.4. The van der Waals surface area contributed by atoms with Crippen molar-refractivity contribution in [1.82, 2.24) is 14.7 Å². The van der Waals surface area contributed by atoms with Crippen LogP contribution in [0.2, 0.25) is 0 Å². The van der Waals surface area contributed by atoms with Crippen LogP contribution in [-0.2, 0) is 20.1 Å². The summed E-state index contributed by atoms with van der Waals surface area (Å²) < 4.78 is 15.3.